The van der Waals surface area contributed by atoms with Gasteiger partial charge in [0.2, 0.25) is 10.0 Å². The van der Waals surface area contributed by atoms with Crippen molar-refractivity contribution in [3.8, 4) is 5.75 Å². The molecule has 0 aliphatic carbocycles. The second-order valence-electron chi connectivity index (χ2n) is 6.26. The molecule has 144 valence electrons. The number of fused-ring (bicyclic) bond motifs is 1. The van der Waals surface area contributed by atoms with Gasteiger partial charge < -0.3 is 14.8 Å². The smallest absolute Gasteiger partial charge is 0.263 e. The number of hydrogen-bond acceptors (Lipinski definition) is 6. The van der Waals surface area contributed by atoms with Gasteiger partial charge in [-0.1, -0.05) is 11.6 Å². The number of morpholine rings is 1. The molecule has 10 heteroatoms. The molecule has 0 saturated carbocycles. The van der Waals surface area contributed by atoms with Crippen LogP contribution in [0.25, 0.3) is 0 Å². The molecule has 2 aliphatic rings. The van der Waals surface area contributed by atoms with E-state index in [1.807, 2.05) is 0 Å². The maximum Gasteiger partial charge on any atom is 0.263 e. The van der Waals surface area contributed by atoms with Crippen molar-refractivity contribution in [2.45, 2.75) is 6.10 Å². The molecule has 3 rings (SSSR count). The normalized spacial score (nSPS) is 21.0. The van der Waals surface area contributed by atoms with Gasteiger partial charge in [0.15, 0.2) is 6.10 Å². The Hall–Kier alpha value is -1.55. The number of halogens is 1. The van der Waals surface area contributed by atoms with Crippen LogP contribution in [0.3, 0.4) is 0 Å². The van der Waals surface area contributed by atoms with E-state index in [4.69, 9.17) is 21.1 Å². The zero-order chi connectivity index (χ0) is 18.7. The van der Waals surface area contributed by atoms with Crippen molar-refractivity contribution in [2.75, 3.05) is 56.5 Å². The largest absolute Gasteiger partial charge is 0.476 e. The van der Waals surface area contributed by atoms with Crippen LogP contribution in [0, 0.1) is 0 Å². The number of benzene rings is 1. The van der Waals surface area contributed by atoms with Crippen molar-refractivity contribution in [3.05, 3.63) is 23.2 Å². The zero-order valence-corrected chi connectivity index (χ0v) is 16.1. The fourth-order valence-electron chi connectivity index (χ4n) is 2.95. The Kier molecular flexibility index (Phi) is 5.91. The first-order valence-corrected chi connectivity index (χ1v) is 10.6. The Morgan fingerprint density at radius 2 is 2.08 bits per heavy atom. The molecule has 2 aliphatic heterocycles. The lowest BCUT2D eigenvalue weighted by molar-refractivity contribution is -0.127. The van der Waals surface area contributed by atoms with E-state index < -0.39 is 16.1 Å². The average molecular weight is 404 g/mol. The number of carbonyl (C=O) groups excluding carboxylic acids is 1. The Morgan fingerprint density at radius 3 is 2.77 bits per heavy atom. The van der Waals surface area contributed by atoms with E-state index in [2.05, 4.69) is 10.2 Å². The number of ether oxygens (including phenoxy) is 2. The number of sulfonamides is 1. The van der Waals surface area contributed by atoms with Gasteiger partial charge in [-0.05, 0) is 18.2 Å². The fraction of sp³-hybridized carbons (Fsp3) is 0.562. The van der Waals surface area contributed by atoms with Gasteiger partial charge in [-0.3, -0.25) is 14.0 Å². The van der Waals surface area contributed by atoms with Crippen molar-refractivity contribution < 1.29 is 22.7 Å². The number of nitrogens with one attached hydrogen (secondary N) is 1. The molecule has 1 aromatic rings. The highest BCUT2D eigenvalue weighted by molar-refractivity contribution is 7.92. The molecular weight excluding hydrogens is 382 g/mol. The van der Waals surface area contributed by atoms with Crippen LogP contribution in [0.2, 0.25) is 5.02 Å². The predicted molar refractivity (Wildman–Crippen MR) is 98.3 cm³/mol. The minimum Gasteiger partial charge on any atom is -0.476 e. The molecule has 0 unspecified atom stereocenters. The van der Waals surface area contributed by atoms with E-state index in [0.717, 1.165) is 23.7 Å². The Bertz CT molecular complexity index is 767. The van der Waals surface area contributed by atoms with E-state index in [0.29, 0.717) is 42.8 Å². The summed E-state index contributed by atoms with van der Waals surface area (Å²) in [5.41, 5.74) is 0.345. The summed E-state index contributed by atoms with van der Waals surface area (Å²) in [4.78, 5) is 14.7. The third-order valence-electron chi connectivity index (χ3n) is 4.31. The molecule has 1 aromatic carbocycles. The zero-order valence-electron chi connectivity index (χ0n) is 14.5. The summed E-state index contributed by atoms with van der Waals surface area (Å²) in [6.07, 6.45) is 0.180. The third kappa shape index (κ3) is 4.59. The van der Waals surface area contributed by atoms with Crippen LogP contribution >= 0.6 is 11.6 Å². The number of carbonyl (C=O) groups is 1. The maximum absolute atomic E-state index is 12.5. The molecule has 1 fully saturated rings. The number of amides is 1. The number of nitrogens with zero attached hydrogens (tertiary/aromatic N) is 2. The predicted octanol–water partition coefficient (Wildman–Crippen LogP) is 0.315. The first kappa shape index (κ1) is 19.2. The lowest BCUT2D eigenvalue weighted by Gasteiger charge is -2.34. The maximum atomic E-state index is 12.5. The quantitative estimate of drug-likeness (QED) is 0.761. The van der Waals surface area contributed by atoms with E-state index in [1.54, 1.807) is 12.1 Å². The molecule has 1 saturated heterocycles. The monoisotopic (exact) mass is 403 g/mol. The van der Waals surface area contributed by atoms with Crippen LogP contribution < -0.4 is 14.4 Å². The molecule has 0 aromatic heterocycles. The average Bonchev–Trinajstić information content (AvgIpc) is 2.60. The van der Waals surface area contributed by atoms with Gasteiger partial charge in [-0.2, -0.15) is 0 Å². The summed E-state index contributed by atoms with van der Waals surface area (Å²) >= 11 is 5.96. The molecule has 1 amide bonds. The van der Waals surface area contributed by atoms with Crippen molar-refractivity contribution in [2.24, 2.45) is 0 Å². The van der Waals surface area contributed by atoms with E-state index >= 15 is 0 Å². The highest BCUT2D eigenvalue weighted by atomic mass is 35.5. The van der Waals surface area contributed by atoms with Crippen molar-refractivity contribution in [1.82, 2.24) is 10.2 Å². The van der Waals surface area contributed by atoms with E-state index in [-0.39, 0.29) is 12.5 Å². The highest BCUT2D eigenvalue weighted by Crippen LogP contribution is 2.37. The minimum absolute atomic E-state index is 0.0877. The van der Waals surface area contributed by atoms with Gasteiger partial charge in [-0.25, -0.2) is 8.42 Å². The van der Waals surface area contributed by atoms with Gasteiger partial charge >= 0.3 is 0 Å². The van der Waals surface area contributed by atoms with Crippen molar-refractivity contribution in [1.29, 1.82) is 0 Å². The molecule has 26 heavy (non-hydrogen) atoms. The summed E-state index contributed by atoms with van der Waals surface area (Å²) in [6.45, 7) is 4.16. The molecule has 0 bridgehead atoms. The molecule has 1 N–H and O–H groups in total. The molecule has 2 heterocycles. The molecule has 0 spiro atoms. The topological polar surface area (TPSA) is 88.2 Å². The summed E-state index contributed by atoms with van der Waals surface area (Å²) in [5.74, 6) is -0.0214. The standard InChI is InChI=1S/C16H22ClN3O5S/c1-26(22,23)20-11-15(25-14-3-2-12(17)10-13(14)20)16(21)18-4-5-19-6-8-24-9-7-19/h2-3,10,15H,4-9,11H2,1H3,(H,18,21)/t15-/m1/s1. The summed E-state index contributed by atoms with van der Waals surface area (Å²) in [5, 5.41) is 3.22. The summed E-state index contributed by atoms with van der Waals surface area (Å²) in [6, 6.07) is 4.69. The fourth-order valence-corrected chi connectivity index (χ4v) is 4.02. The van der Waals surface area contributed by atoms with Crippen LogP contribution in [0.4, 0.5) is 5.69 Å². The third-order valence-corrected chi connectivity index (χ3v) is 5.70. The Morgan fingerprint density at radius 1 is 1.35 bits per heavy atom. The highest BCUT2D eigenvalue weighted by Gasteiger charge is 2.35. The van der Waals surface area contributed by atoms with Crippen LogP contribution in [0.1, 0.15) is 0 Å². The van der Waals surface area contributed by atoms with Crippen LogP contribution in [-0.2, 0) is 19.6 Å². The van der Waals surface area contributed by atoms with Crippen molar-refractivity contribution in [3.63, 3.8) is 0 Å². The lowest BCUT2D eigenvalue weighted by Crippen LogP contribution is -2.51. The second-order valence-corrected chi connectivity index (χ2v) is 8.60. The van der Waals surface area contributed by atoms with E-state index in [9.17, 15) is 13.2 Å². The Labute approximate surface area is 158 Å². The summed E-state index contributed by atoms with van der Waals surface area (Å²) in [7, 11) is -3.57. The van der Waals surface area contributed by atoms with Gasteiger partial charge in [0.25, 0.3) is 5.91 Å². The van der Waals surface area contributed by atoms with Gasteiger partial charge in [0, 0.05) is 31.2 Å². The molecule has 1 atom stereocenters. The van der Waals surface area contributed by atoms with Crippen LogP contribution in [-0.4, -0.2) is 77.5 Å². The first-order valence-electron chi connectivity index (χ1n) is 8.36. The van der Waals surface area contributed by atoms with E-state index in [1.165, 1.54) is 6.07 Å². The number of rotatable bonds is 5. The van der Waals surface area contributed by atoms with Crippen molar-refractivity contribution >= 4 is 33.2 Å². The number of anilines is 1. The van der Waals surface area contributed by atoms with Gasteiger partial charge in [-0.15, -0.1) is 0 Å². The van der Waals surface area contributed by atoms with Gasteiger partial charge in [0.05, 0.1) is 31.7 Å². The SMILES string of the molecule is CS(=O)(=O)N1C[C@H](C(=O)NCCN2CCOCC2)Oc2ccc(Cl)cc21. The molecular formula is C16H22ClN3O5S. The molecule has 0 radical (unpaired) electrons. The number of hydrogen-bond donors (Lipinski definition) is 1. The lowest BCUT2D eigenvalue weighted by atomic mass is 10.2. The molecule has 8 nitrogen and oxygen atoms in total. The Balaban J connectivity index is 1.65. The van der Waals surface area contributed by atoms with Gasteiger partial charge in [0.1, 0.15) is 5.75 Å². The first-order chi connectivity index (χ1) is 12.3. The van der Waals surface area contributed by atoms with Crippen LogP contribution in [0.5, 0.6) is 5.75 Å². The summed E-state index contributed by atoms with van der Waals surface area (Å²) < 4.78 is 36.4. The minimum atomic E-state index is -3.57. The second kappa shape index (κ2) is 7.99. The van der Waals surface area contributed by atoms with Crippen LogP contribution in [0.15, 0.2) is 18.2 Å².